The third-order valence-electron chi connectivity index (χ3n) is 6.12. The first-order chi connectivity index (χ1) is 16.7. The van der Waals surface area contributed by atoms with Gasteiger partial charge in [-0.2, -0.15) is 9.50 Å². The number of furan rings is 1. The lowest BCUT2D eigenvalue weighted by atomic mass is 10.1. The predicted molar refractivity (Wildman–Crippen MR) is 133 cm³/mol. The van der Waals surface area contributed by atoms with E-state index in [2.05, 4.69) is 49.5 Å². The van der Waals surface area contributed by atoms with E-state index in [1.807, 2.05) is 18.2 Å². The molecule has 34 heavy (non-hydrogen) atoms. The highest BCUT2D eigenvalue weighted by atomic mass is 32.1. The van der Waals surface area contributed by atoms with Crippen LogP contribution in [0.25, 0.3) is 16.5 Å². The first-order valence-corrected chi connectivity index (χ1v) is 12.7. The third kappa shape index (κ3) is 3.73. The molecule has 0 amide bonds. The van der Waals surface area contributed by atoms with Gasteiger partial charge in [0.15, 0.2) is 5.76 Å². The highest BCUT2D eigenvalue weighted by Gasteiger charge is 2.32. The van der Waals surface area contributed by atoms with Gasteiger partial charge < -0.3 is 19.2 Å². The molecule has 1 saturated heterocycles. The van der Waals surface area contributed by atoms with Gasteiger partial charge in [-0.05, 0) is 47.8 Å². The number of hydrogen-bond donors (Lipinski definition) is 1. The van der Waals surface area contributed by atoms with E-state index in [4.69, 9.17) is 9.15 Å². The summed E-state index contributed by atoms with van der Waals surface area (Å²) in [6.07, 6.45) is 1.59. The van der Waals surface area contributed by atoms with Crippen LogP contribution in [0.4, 0.5) is 5.69 Å². The minimum atomic E-state index is -0.0430. The number of thiophene rings is 1. The SMILES string of the molecule is COc1ccc(N2CCN([C@H](c3cccs3)c3sc4nc(-c5ccco5)nn4c3O)CC2)cc1. The largest absolute Gasteiger partial charge is 0.497 e. The zero-order valence-electron chi connectivity index (χ0n) is 18.5. The normalized spacial score (nSPS) is 15.7. The number of thiazole rings is 1. The Bertz CT molecular complexity index is 1370. The second-order valence-corrected chi connectivity index (χ2v) is 10.0. The van der Waals surface area contributed by atoms with Gasteiger partial charge in [0, 0.05) is 36.7 Å². The molecule has 4 aromatic heterocycles. The molecule has 0 unspecified atom stereocenters. The molecule has 1 aromatic carbocycles. The summed E-state index contributed by atoms with van der Waals surface area (Å²) < 4.78 is 12.2. The average molecular weight is 494 g/mol. The second-order valence-electron chi connectivity index (χ2n) is 8.04. The molecular formula is C24H23N5O3S2. The molecular weight excluding hydrogens is 470 g/mol. The van der Waals surface area contributed by atoms with Gasteiger partial charge in [0.1, 0.15) is 5.75 Å². The van der Waals surface area contributed by atoms with E-state index in [9.17, 15) is 5.11 Å². The van der Waals surface area contributed by atoms with Crippen molar-refractivity contribution in [1.29, 1.82) is 0 Å². The summed E-state index contributed by atoms with van der Waals surface area (Å²) in [6.45, 7) is 3.55. The molecule has 1 aliphatic heterocycles. The van der Waals surface area contributed by atoms with E-state index in [-0.39, 0.29) is 11.9 Å². The molecule has 1 aliphatic rings. The van der Waals surface area contributed by atoms with Gasteiger partial charge in [-0.3, -0.25) is 4.90 Å². The Morgan fingerprint density at radius 2 is 1.88 bits per heavy atom. The molecule has 0 spiro atoms. The predicted octanol–water partition coefficient (Wildman–Crippen LogP) is 4.74. The Morgan fingerprint density at radius 1 is 1.06 bits per heavy atom. The van der Waals surface area contributed by atoms with Crippen LogP contribution in [-0.4, -0.2) is 57.9 Å². The lowest BCUT2D eigenvalue weighted by molar-refractivity contribution is 0.213. The minimum Gasteiger partial charge on any atom is -0.497 e. The smallest absolute Gasteiger partial charge is 0.230 e. The van der Waals surface area contributed by atoms with Crippen LogP contribution >= 0.6 is 22.7 Å². The Labute approximate surface area is 204 Å². The van der Waals surface area contributed by atoms with Crippen LogP contribution in [0, 0.1) is 0 Å². The fourth-order valence-electron chi connectivity index (χ4n) is 4.39. The van der Waals surface area contributed by atoms with E-state index in [0.717, 1.165) is 36.8 Å². The second kappa shape index (κ2) is 8.79. The molecule has 10 heteroatoms. The topological polar surface area (TPSA) is 79.3 Å². The minimum absolute atomic E-state index is 0.0430. The van der Waals surface area contributed by atoms with E-state index in [0.29, 0.717) is 16.5 Å². The summed E-state index contributed by atoms with van der Waals surface area (Å²) >= 11 is 3.18. The van der Waals surface area contributed by atoms with Crippen molar-refractivity contribution in [2.75, 3.05) is 38.2 Å². The summed E-state index contributed by atoms with van der Waals surface area (Å²) in [4.78, 5) is 12.1. The number of piperazine rings is 1. The van der Waals surface area contributed by atoms with E-state index < -0.39 is 0 Å². The molecule has 1 N–H and O–H groups in total. The summed E-state index contributed by atoms with van der Waals surface area (Å²) in [6, 6.07) is 16.0. The van der Waals surface area contributed by atoms with Crippen LogP contribution in [0.5, 0.6) is 11.6 Å². The molecule has 5 aromatic rings. The Hall–Kier alpha value is -3.34. The van der Waals surface area contributed by atoms with Crippen molar-refractivity contribution >= 4 is 33.3 Å². The van der Waals surface area contributed by atoms with Gasteiger partial charge in [-0.25, -0.2) is 0 Å². The highest BCUT2D eigenvalue weighted by Crippen LogP contribution is 2.42. The first kappa shape index (κ1) is 21.2. The number of aromatic nitrogens is 3. The molecule has 0 radical (unpaired) electrons. The van der Waals surface area contributed by atoms with Crippen LogP contribution < -0.4 is 9.64 Å². The van der Waals surface area contributed by atoms with Gasteiger partial charge in [0.05, 0.1) is 24.3 Å². The van der Waals surface area contributed by atoms with Gasteiger partial charge in [0.2, 0.25) is 16.7 Å². The Kier molecular flexibility index (Phi) is 5.48. The number of methoxy groups -OCH3 is 1. The molecule has 8 nitrogen and oxygen atoms in total. The maximum atomic E-state index is 11.2. The van der Waals surface area contributed by atoms with Crippen molar-refractivity contribution in [2.45, 2.75) is 6.04 Å². The maximum Gasteiger partial charge on any atom is 0.230 e. The number of aromatic hydroxyl groups is 1. The summed E-state index contributed by atoms with van der Waals surface area (Å²) in [5.74, 6) is 2.06. The van der Waals surface area contributed by atoms with E-state index in [1.165, 1.54) is 26.4 Å². The molecule has 1 fully saturated rings. The van der Waals surface area contributed by atoms with Crippen LogP contribution in [0.3, 0.4) is 0 Å². The monoisotopic (exact) mass is 493 g/mol. The number of fused-ring (bicyclic) bond motifs is 1. The number of rotatable bonds is 6. The van der Waals surface area contributed by atoms with E-state index >= 15 is 0 Å². The number of nitrogens with zero attached hydrogens (tertiary/aromatic N) is 5. The fourth-order valence-corrected chi connectivity index (χ4v) is 6.44. The molecule has 1 atom stereocenters. The van der Waals surface area contributed by atoms with Gasteiger partial charge in [-0.15, -0.1) is 16.4 Å². The Morgan fingerprint density at radius 3 is 2.53 bits per heavy atom. The van der Waals surface area contributed by atoms with Gasteiger partial charge in [-0.1, -0.05) is 17.4 Å². The third-order valence-corrected chi connectivity index (χ3v) is 8.12. The number of anilines is 1. The van der Waals surface area contributed by atoms with Crippen molar-refractivity contribution in [2.24, 2.45) is 0 Å². The summed E-state index contributed by atoms with van der Waals surface area (Å²) in [7, 11) is 1.68. The summed E-state index contributed by atoms with van der Waals surface area (Å²) in [5, 5.41) is 17.7. The standard InChI is InChI=1S/C24H23N5O3S2/c1-31-17-8-6-16(7-9-17)27-10-12-28(13-11-27)20(19-5-3-15-33-19)21-23(30)29-24(34-21)25-22(26-29)18-4-2-14-32-18/h2-9,14-15,20,30H,10-13H2,1H3/t20-/m1/s1. The quantitative estimate of drug-likeness (QED) is 0.366. The van der Waals surface area contributed by atoms with Gasteiger partial charge >= 0.3 is 0 Å². The van der Waals surface area contributed by atoms with Crippen LogP contribution in [0.15, 0.2) is 64.6 Å². The molecule has 5 heterocycles. The lowest BCUT2D eigenvalue weighted by Gasteiger charge is -2.39. The molecule has 0 aliphatic carbocycles. The molecule has 0 saturated carbocycles. The number of hydrogen-bond acceptors (Lipinski definition) is 9. The molecule has 0 bridgehead atoms. The maximum absolute atomic E-state index is 11.2. The zero-order valence-corrected chi connectivity index (χ0v) is 20.1. The van der Waals surface area contributed by atoms with Gasteiger partial charge in [0.25, 0.3) is 0 Å². The van der Waals surface area contributed by atoms with Crippen molar-refractivity contribution in [3.05, 3.63) is 69.9 Å². The lowest BCUT2D eigenvalue weighted by Crippen LogP contribution is -2.47. The first-order valence-electron chi connectivity index (χ1n) is 11.0. The average Bonchev–Trinajstić information content (AvgIpc) is 3.68. The summed E-state index contributed by atoms with van der Waals surface area (Å²) in [5.41, 5.74) is 1.19. The number of benzene rings is 1. The highest BCUT2D eigenvalue weighted by molar-refractivity contribution is 7.17. The van der Waals surface area contributed by atoms with Crippen LogP contribution in [0.2, 0.25) is 0 Å². The molecule has 174 valence electrons. The van der Waals surface area contributed by atoms with Crippen molar-refractivity contribution in [3.8, 4) is 23.2 Å². The fraction of sp³-hybridized carbons (Fsp3) is 0.250. The van der Waals surface area contributed by atoms with Crippen LogP contribution in [-0.2, 0) is 0 Å². The van der Waals surface area contributed by atoms with E-state index in [1.54, 1.807) is 30.8 Å². The van der Waals surface area contributed by atoms with Crippen molar-refractivity contribution in [1.82, 2.24) is 19.5 Å². The Balaban J connectivity index is 1.28. The van der Waals surface area contributed by atoms with Crippen molar-refractivity contribution < 1.29 is 14.3 Å². The van der Waals surface area contributed by atoms with Crippen molar-refractivity contribution in [3.63, 3.8) is 0 Å². The zero-order chi connectivity index (χ0) is 23.1. The number of ether oxygens (including phenoxy) is 1. The van der Waals surface area contributed by atoms with Crippen LogP contribution in [0.1, 0.15) is 15.8 Å². The molecule has 6 rings (SSSR count).